The summed E-state index contributed by atoms with van der Waals surface area (Å²) >= 11 is 0. The number of aliphatic hydroxyl groups is 4. The van der Waals surface area contributed by atoms with Crippen molar-refractivity contribution in [3.05, 3.63) is 24.3 Å². The molecule has 0 spiro atoms. The molecule has 0 rings (SSSR count). The average Bonchev–Trinajstić information content (AvgIpc) is 3.28. The fraction of sp³-hybridized carbons (Fsp3) is 0.911. The highest BCUT2D eigenvalue weighted by Crippen LogP contribution is 2.18. The van der Waals surface area contributed by atoms with Gasteiger partial charge in [0.15, 0.2) is 0 Å². The standard InChI is InChI=1S/C56H109NO5/c1-3-5-7-9-11-13-15-17-19-21-23-24-25-26-27-28-29-30-31-32-34-36-38-40-42-44-46-48-50-54(60)56(62)57-52(51-58)55(61)53(59)49-47-45-43-41-39-37-35-33-22-20-18-16-14-12-10-8-6-4-2/h33,35,41,43,52-55,58-61H,3-32,34,36-40,42,44-51H2,1-2H3,(H,57,62)/b35-33+,43-41+. The normalized spacial score (nSPS) is 14.0. The highest BCUT2D eigenvalue weighted by Gasteiger charge is 2.28. The first-order valence-electron chi connectivity index (χ1n) is 27.7. The second-order valence-corrected chi connectivity index (χ2v) is 19.3. The summed E-state index contributed by atoms with van der Waals surface area (Å²) in [6.45, 7) is 4.07. The lowest BCUT2D eigenvalue weighted by Gasteiger charge is -2.27. The molecule has 4 atom stereocenters. The Balaban J connectivity index is 3.63. The van der Waals surface area contributed by atoms with E-state index in [9.17, 15) is 25.2 Å². The summed E-state index contributed by atoms with van der Waals surface area (Å²) < 4.78 is 0. The lowest BCUT2D eigenvalue weighted by atomic mass is 10.00. The number of hydrogen-bond acceptors (Lipinski definition) is 5. The number of amides is 1. The van der Waals surface area contributed by atoms with Crippen molar-refractivity contribution in [2.75, 3.05) is 6.61 Å². The van der Waals surface area contributed by atoms with Gasteiger partial charge in [-0.05, 0) is 51.4 Å². The van der Waals surface area contributed by atoms with E-state index in [1.807, 2.05) is 0 Å². The molecule has 62 heavy (non-hydrogen) atoms. The monoisotopic (exact) mass is 876 g/mol. The van der Waals surface area contributed by atoms with E-state index in [1.54, 1.807) is 0 Å². The zero-order valence-electron chi connectivity index (χ0n) is 41.6. The number of aliphatic hydroxyl groups excluding tert-OH is 4. The molecule has 368 valence electrons. The van der Waals surface area contributed by atoms with Gasteiger partial charge in [-0.25, -0.2) is 0 Å². The van der Waals surface area contributed by atoms with Crippen LogP contribution in [-0.2, 0) is 4.79 Å². The molecule has 0 aliphatic rings. The topological polar surface area (TPSA) is 110 Å². The summed E-state index contributed by atoms with van der Waals surface area (Å²) in [5, 5.41) is 43.9. The minimum Gasteiger partial charge on any atom is -0.394 e. The van der Waals surface area contributed by atoms with Crippen molar-refractivity contribution < 1.29 is 25.2 Å². The molecule has 0 aliphatic heterocycles. The van der Waals surface area contributed by atoms with Crippen LogP contribution in [0.1, 0.15) is 296 Å². The molecular weight excluding hydrogens is 767 g/mol. The van der Waals surface area contributed by atoms with Gasteiger partial charge in [-0.2, -0.15) is 0 Å². The van der Waals surface area contributed by atoms with E-state index in [2.05, 4.69) is 43.5 Å². The fourth-order valence-corrected chi connectivity index (χ4v) is 8.78. The highest BCUT2D eigenvalue weighted by atomic mass is 16.3. The van der Waals surface area contributed by atoms with E-state index in [-0.39, 0.29) is 0 Å². The molecule has 0 aromatic heterocycles. The summed E-state index contributed by atoms with van der Waals surface area (Å²) in [5.74, 6) is -0.592. The number of unbranched alkanes of at least 4 members (excludes halogenated alkanes) is 38. The minimum absolute atomic E-state index is 0.365. The van der Waals surface area contributed by atoms with Crippen molar-refractivity contribution in [2.45, 2.75) is 321 Å². The summed E-state index contributed by atoms with van der Waals surface area (Å²) in [5.41, 5.74) is 0. The molecule has 0 radical (unpaired) electrons. The summed E-state index contributed by atoms with van der Waals surface area (Å²) in [6.07, 6.45) is 61.1. The molecular formula is C56H109NO5. The fourth-order valence-electron chi connectivity index (χ4n) is 8.78. The van der Waals surface area contributed by atoms with Crippen LogP contribution in [-0.4, -0.2) is 57.3 Å². The van der Waals surface area contributed by atoms with Gasteiger partial charge in [0.25, 0.3) is 0 Å². The van der Waals surface area contributed by atoms with E-state index in [4.69, 9.17) is 0 Å². The molecule has 0 bridgehead atoms. The number of rotatable bonds is 51. The smallest absolute Gasteiger partial charge is 0.249 e. The maximum absolute atomic E-state index is 12.6. The molecule has 5 N–H and O–H groups in total. The maximum Gasteiger partial charge on any atom is 0.249 e. The molecule has 0 aromatic carbocycles. The van der Waals surface area contributed by atoms with Crippen LogP contribution in [0.4, 0.5) is 0 Å². The predicted octanol–water partition coefficient (Wildman–Crippen LogP) is 15.9. The molecule has 0 heterocycles. The first kappa shape index (κ1) is 60.8. The third-order valence-electron chi connectivity index (χ3n) is 13.1. The van der Waals surface area contributed by atoms with Gasteiger partial charge in [0.1, 0.15) is 12.2 Å². The Morgan fingerprint density at radius 2 is 0.677 bits per heavy atom. The molecule has 4 unspecified atom stereocenters. The number of carbonyl (C=O) groups excluding carboxylic acids is 1. The lowest BCUT2D eigenvalue weighted by molar-refractivity contribution is -0.132. The predicted molar refractivity (Wildman–Crippen MR) is 270 cm³/mol. The Morgan fingerprint density at radius 1 is 0.387 bits per heavy atom. The molecule has 0 saturated carbocycles. The second-order valence-electron chi connectivity index (χ2n) is 19.3. The van der Waals surface area contributed by atoms with Crippen LogP contribution in [0, 0.1) is 0 Å². The average molecular weight is 876 g/mol. The summed E-state index contributed by atoms with van der Waals surface area (Å²) in [7, 11) is 0. The molecule has 0 saturated heterocycles. The van der Waals surface area contributed by atoms with Crippen LogP contribution in [0.2, 0.25) is 0 Å². The van der Waals surface area contributed by atoms with E-state index in [0.717, 1.165) is 38.5 Å². The zero-order valence-corrected chi connectivity index (χ0v) is 41.6. The van der Waals surface area contributed by atoms with Gasteiger partial charge in [0.05, 0.1) is 18.8 Å². The van der Waals surface area contributed by atoms with Crippen LogP contribution in [0.5, 0.6) is 0 Å². The summed E-state index contributed by atoms with van der Waals surface area (Å²) in [4.78, 5) is 12.6. The quantitative estimate of drug-likeness (QED) is 0.0309. The number of carbonyl (C=O) groups is 1. The van der Waals surface area contributed by atoms with E-state index in [1.165, 1.54) is 225 Å². The maximum atomic E-state index is 12.6. The third-order valence-corrected chi connectivity index (χ3v) is 13.1. The Hall–Kier alpha value is -1.21. The van der Waals surface area contributed by atoms with Gasteiger partial charge in [-0.1, -0.05) is 269 Å². The van der Waals surface area contributed by atoms with Crippen molar-refractivity contribution in [1.82, 2.24) is 5.32 Å². The van der Waals surface area contributed by atoms with Crippen molar-refractivity contribution in [2.24, 2.45) is 0 Å². The Labute approximate surface area is 386 Å². The molecule has 6 heteroatoms. The number of allylic oxidation sites excluding steroid dienone is 4. The first-order valence-corrected chi connectivity index (χ1v) is 27.7. The van der Waals surface area contributed by atoms with Gasteiger partial charge in [-0.15, -0.1) is 0 Å². The van der Waals surface area contributed by atoms with Crippen molar-refractivity contribution in [3.63, 3.8) is 0 Å². The molecule has 1 amide bonds. The van der Waals surface area contributed by atoms with Gasteiger partial charge >= 0.3 is 0 Å². The van der Waals surface area contributed by atoms with Gasteiger partial charge in [0.2, 0.25) is 5.91 Å². The Morgan fingerprint density at radius 3 is 1.02 bits per heavy atom. The highest BCUT2D eigenvalue weighted by molar-refractivity contribution is 5.80. The van der Waals surface area contributed by atoms with Gasteiger partial charge in [0, 0.05) is 0 Å². The van der Waals surface area contributed by atoms with E-state index in [0.29, 0.717) is 19.3 Å². The van der Waals surface area contributed by atoms with E-state index >= 15 is 0 Å². The number of nitrogens with one attached hydrogen (secondary N) is 1. The van der Waals surface area contributed by atoms with Crippen molar-refractivity contribution >= 4 is 5.91 Å². The van der Waals surface area contributed by atoms with Gasteiger partial charge < -0.3 is 25.7 Å². The van der Waals surface area contributed by atoms with Crippen LogP contribution in [0.25, 0.3) is 0 Å². The Bertz CT molecular complexity index is 939. The van der Waals surface area contributed by atoms with Crippen molar-refractivity contribution in [1.29, 1.82) is 0 Å². The lowest BCUT2D eigenvalue weighted by Crippen LogP contribution is -2.53. The van der Waals surface area contributed by atoms with Crippen LogP contribution in [0.15, 0.2) is 24.3 Å². The molecule has 0 aliphatic carbocycles. The molecule has 0 fully saturated rings. The SMILES string of the molecule is CCCCCCCCCCC/C=C/CC/C=C/CCCC(O)C(O)C(CO)NC(=O)C(O)CCCCCCCCCCCCCCCCCCCCCCCCCCCCCC. The largest absolute Gasteiger partial charge is 0.394 e. The van der Waals surface area contributed by atoms with Crippen LogP contribution < -0.4 is 5.32 Å². The first-order chi connectivity index (χ1) is 30.5. The molecule has 0 aromatic rings. The minimum atomic E-state index is -1.29. The number of hydrogen-bond donors (Lipinski definition) is 5. The Kier molecular flexibility index (Phi) is 49.8. The second kappa shape index (κ2) is 50.8. The third kappa shape index (κ3) is 44.0. The summed E-state index contributed by atoms with van der Waals surface area (Å²) in [6, 6.07) is -1.01. The zero-order chi connectivity index (χ0) is 45.2. The van der Waals surface area contributed by atoms with Crippen LogP contribution in [0.3, 0.4) is 0 Å². The molecule has 6 nitrogen and oxygen atoms in total. The van der Waals surface area contributed by atoms with Crippen LogP contribution >= 0.6 is 0 Å². The van der Waals surface area contributed by atoms with E-state index < -0.39 is 36.9 Å². The van der Waals surface area contributed by atoms with Gasteiger partial charge in [-0.3, -0.25) is 4.79 Å². The van der Waals surface area contributed by atoms with Crippen molar-refractivity contribution in [3.8, 4) is 0 Å².